The minimum Gasteiger partial charge on any atom is -0.506 e. The SMILES string of the molecule is O=C(CCCNC(=O)c1ccc(F)cc1)Nc1cc(Br)ccc1O. The van der Waals surface area contributed by atoms with E-state index in [1.54, 1.807) is 12.1 Å². The van der Waals surface area contributed by atoms with E-state index in [9.17, 15) is 19.1 Å². The molecule has 0 spiro atoms. The molecule has 2 aromatic carbocycles. The number of rotatable bonds is 6. The van der Waals surface area contributed by atoms with Crippen LogP contribution in [0, 0.1) is 5.82 Å². The zero-order valence-corrected chi connectivity index (χ0v) is 14.3. The monoisotopic (exact) mass is 394 g/mol. The Bertz CT molecular complexity index is 735. The van der Waals surface area contributed by atoms with Crippen LogP contribution in [0.25, 0.3) is 0 Å². The Labute approximate surface area is 147 Å². The van der Waals surface area contributed by atoms with Gasteiger partial charge in [0, 0.05) is 23.0 Å². The molecule has 24 heavy (non-hydrogen) atoms. The van der Waals surface area contributed by atoms with Crippen molar-refractivity contribution in [1.82, 2.24) is 5.32 Å². The van der Waals surface area contributed by atoms with E-state index < -0.39 is 5.82 Å². The van der Waals surface area contributed by atoms with Gasteiger partial charge >= 0.3 is 0 Å². The number of aromatic hydroxyl groups is 1. The molecule has 0 fully saturated rings. The van der Waals surface area contributed by atoms with E-state index in [2.05, 4.69) is 26.6 Å². The Balaban J connectivity index is 1.73. The van der Waals surface area contributed by atoms with E-state index in [-0.39, 0.29) is 24.0 Å². The van der Waals surface area contributed by atoms with Gasteiger partial charge in [0.2, 0.25) is 5.91 Å². The molecule has 0 heterocycles. The van der Waals surface area contributed by atoms with Crippen LogP contribution in [0.5, 0.6) is 5.75 Å². The quantitative estimate of drug-likeness (QED) is 0.518. The molecule has 0 radical (unpaired) electrons. The molecule has 7 heteroatoms. The van der Waals surface area contributed by atoms with Crippen LogP contribution in [0.15, 0.2) is 46.9 Å². The summed E-state index contributed by atoms with van der Waals surface area (Å²) in [5, 5.41) is 14.9. The van der Waals surface area contributed by atoms with Gasteiger partial charge in [-0.2, -0.15) is 0 Å². The second kappa shape index (κ2) is 8.44. The van der Waals surface area contributed by atoms with Crippen LogP contribution in [-0.2, 0) is 4.79 Å². The van der Waals surface area contributed by atoms with Crippen molar-refractivity contribution >= 4 is 33.4 Å². The predicted octanol–water partition coefficient (Wildman–Crippen LogP) is 3.44. The first-order valence-electron chi connectivity index (χ1n) is 7.28. The summed E-state index contributed by atoms with van der Waals surface area (Å²) in [6, 6.07) is 9.96. The Hall–Kier alpha value is -2.41. The lowest BCUT2D eigenvalue weighted by Crippen LogP contribution is -2.25. The van der Waals surface area contributed by atoms with Gasteiger partial charge in [-0.1, -0.05) is 15.9 Å². The number of phenols is 1. The molecule has 3 N–H and O–H groups in total. The van der Waals surface area contributed by atoms with Gasteiger partial charge in [0.15, 0.2) is 0 Å². The van der Waals surface area contributed by atoms with E-state index in [0.29, 0.717) is 24.2 Å². The number of nitrogens with one attached hydrogen (secondary N) is 2. The van der Waals surface area contributed by atoms with Crippen molar-refractivity contribution in [2.24, 2.45) is 0 Å². The first-order chi connectivity index (χ1) is 11.5. The first kappa shape index (κ1) is 17.9. The average Bonchev–Trinajstić information content (AvgIpc) is 2.55. The summed E-state index contributed by atoms with van der Waals surface area (Å²) in [6.45, 7) is 0.314. The van der Waals surface area contributed by atoms with Crippen LogP contribution in [-0.4, -0.2) is 23.5 Å². The summed E-state index contributed by atoms with van der Waals surface area (Å²) in [4.78, 5) is 23.6. The minimum absolute atomic E-state index is 0.0174. The highest BCUT2D eigenvalue weighted by molar-refractivity contribution is 9.10. The van der Waals surface area contributed by atoms with Gasteiger partial charge in [0.25, 0.3) is 5.91 Å². The second-order valence-electron chi connectivity index (χ2n) is 5.08. The fourth-order valence-corrected chi connectivity index (χ4v) is 2.34. The number of benzene rings is 2. The summed E-state index contributed by atoms with van der Waals surface area (Å²) in [5.74, 6) is -1.00. The largest absolute Gasteiger partial charge is 0.506 e. The summed E-state index contributed by atoms with van der Waals surface area (Å²) >= 11 is 3.26. The Morgan fingerprint density at radius 3 is 2.54 bits per heavy atom. The van der Waals surface area contributed by atoms with Gasteiger partial charge in [-0.15, -0.1) is 0 Å². The normalized spacial score (nSPS) is 10.2. The van der Waals surface area contributed by atoms with Crippen molar-refractivity contribution in [3.05, 3.63) is 58.3 Å². The molecule has 0 unspecified atom stereocenters. The minimum atomic E-state index is -0.404. The zero-order chi connectivity index (χ0) is 17.5. The fraction of sp³-hybridized carbons (Fsp3) is 0.176. The van der Waals surface area contributed by atoms with E-state index in [1.807, 2.05) is 0 Å². The number of hydrogen-bond acceptors (Lipinski definition) is 3. The van der Waals surface area contributed by atoms with Gasteiger partial charge < -0.3 is 15.7 Å². The van der Waals surface area contributed by atoms with Gasteiger partial charge in [0.1, 0.15) is 11.6 Å². The predicted molar refractivity (Wildman–Crippen MR) is 92.4 cm³/mol. The summed E-state index contributed by atoms with van der Waals surface area (Å²) < 4.78 is 13.5. The molecule has 2 aromatic rings. The number of carbonyl (C=O) groups excluding carboxylic acids is 2. The third-order valence-corrected chi connectivity index (χ3v) is 3.70. The molecule has 5 nitrogen and oxygen atoms in total. The van der Waals surface area contributed by atoms with Crippen molar-refractivity contribution in [3.63, 3.8) is 0 Å². The molecule has 2 rings (SSSR count). The van der Waals surface area contributed by atoms with Crippen LogP contribution < -0.4 is 10.6 Å². The van der Waals surface area contributed by atoms with Gasteiger partial charge in [-0.05, 0) is 48.9 Å². The molecule has 0 saturated carbocycles. The van der Waals surface area contributed by atoms with E-state index >= 15 is 0 Å². The van der Waals surface area contributed by atoms with Gasteiger partial charge in [-0.3, -0.25) is 9.59 Å². The summed E-state index contributed by atoms with van der Waals surface area (Å²) in [6.07, 6.45) is 0.628. The third-order valence-electron chi connectivity index (χ3n) is 3.21. The molecule has 126 valence electrons. The van der Waals surface area contributed by atoms with Crippen LogP contribution in [0.4, 0.5) is 10.1 Å². The van der Waals surface area contributed by atoms with Crippen LogP contribution >= 0.6 is 15.9 Å². The number of halogens is 2. The maximum Gasteiger partial charge on any atom is 0.251 e. The molecular formula is C17H16BrFN2O3. The van der Waals surface area contributed by atoms with E-state index in [4.69, 9.17) is 0 Å². The summed E-state index contributed by atoms with van der Waals surface area (Å²) in [5.41, 5.74) is 0.685. The number of hydrogen-bond donors (Lipinski definition) is 3. The maximum absolute atomic E-state index is 12.8. The highest BCUT2D eigenvalue weighted by atomic mass is 79.9. The van der Waals surface area contributed by atoms with E-state index in [0.717, 1.165) is 4.47 Å². The van der Waals surface area contributed by atoms with Crippen molar-refractivity contribution in [2.45, 2.75) is 12.8 Å². The Morgan fingerprint density at radius 1 is 1.12 bits per heavy atom. The number of carbonyl (C=O) groups is 2. The smallest absolute Gasteiger partial charge is 0.251 e. The number of phenolic OH excluding ortho intramolecular Hbond substituents is 1. The van der Waals surface area contributed by atoms with E-state index in [1.165, 1.54) is 30.3 Å². The Morgan fingerprint density at radius 2 is 1.83 bits per heavy atom. The molecule has 0 aliphatic rings. The number of anilines is 1. The van der Waals surface area contributed by atoms with Crippen LogP contribution in [0.2, 0.25) is 0 Å². The number of amides is 2. The third kappa shape index (κ3) is 5.34. The molecular weight excluding hydrogens is 379 g/mol. The topological polar surface area (TPSA) is 78.4 Å². The second-order valence-corrected chi connectivity index (χ2v) is 5.99. The van der Waals surface area contributed by atoms with Gasteiger partial charge in [0.05, 0.1) is 5.69 Å². The average molecular weight is 395 g/mol. The molecule has 0 atom stereocenters. The van der Waals surface area contributed by atoms with Gasteiger partial charge in [-0.25, -0.2) is 4.39 Å². The zero-order valence-electron chi connectivity index (χ0n) is 12.7. The first-order valence-corrected chi connectivity index (χ1v) is 8.07. The van der Waals surface area contributed by atoms with Crippen molar-refractivity contribution < 1.29 is 19.1 Å². The molecule has 0 aliphatic heterocycles. The fourth-order valence-electron chi connectivity index (χ4n) is 1.98. The lowest BCUT2D eigenvalue weighted by molar-refractivity contribution is -0.116. The summed E-state index contributed by atoms with van der Waals surface area (Å²) in [7, 11) is 0. The van der Waals surface area contributed by atoms with Crippen molar-refractivity contribution in [1.29, 1.82) is 0 Å². The molecule has 0 aliphatic carbocycles. The highest BCUT2D eigenvalue weighted by Gasteiger charge is 2.08. The highest BCUT2D eigenvalue weighted by Crippen LogP contribution is 2.26. The standard InChI is InChI=1S/C17H16BrFN2O3/c18-12-5-8-15(22)14(10-12)21-16(23)2-1-9-20-17(24)11-3-6-13(19)7-4-11/h3-8,10,22H,1-2,9H2,(H,20,24)(H,21,23). The molecule has 0 saturated heterocycles. The molecule has 0 bridgehead atoms. The van der Waals surface area contributed by atoms with Crippen LogP contribution in [0.3, 0.4) is 0 Å². The maximum atomic E-state index is 12.8. The van der Waals surface area contributed by atoms with Crippen molar-refractivity contribution in [3.8, 4) is 5.75 Å². The molecule has 0 aromatic heterocycles. The van der Waals surface area contributed by atoms with Crippen molar-refractivity contribution in [2.75, 3.05) is 11.9 Å². The van der Waals surface area contributed by atoms with Crippen LogP contribution in [0.1, 0.15) is 23.2 Å². The lowest BCUT2D eigenvalue weighted by atomic mass is 10.2. The lowest BCUT2D eigenvalue weighted by Gasteiger charge is -2.08. The Kier molecular flexibility index (Phi) is 6.31. The molecule has 2 amide bonds.